The fourth-order valence-corrected chi connectivity index (χ4v) is 7.56. The van der Waals surface area contributed by atoms with Gasteiger partial charge in [0.2, 0.25) is 0 Å². The Morgan fingerprint density at radius 2 is 1.04 bits per heavy atom. The maximum Gasteiger partial charge on any atom is 0.171 e. The summed E-state index contributed by atoms with van der Waals surface area (Å²) in [5.41, 5.74) is 0. The van der Waals surface area contributed by atoms with Crippen molar-refractivity contribution >= 4 is 29.0 Å². The summed E-state index contributed by atoms with van der Waals surface area (Å²) in [4.78, 5) is 12.8. The van der Waals surface area contributed by atoms with Crippen molar-refractivity contribution in [1.82, 2.24) is 0 Å². The number of carbonyl (C=O) groups is 1. The Kier molecular flexibility index (Phi) is 7.57. The van der Waals surface area contributed by atoms with Crippen molar-refractivity contribution in [2.75, 3.05) is 6.16 Å². The molecule has 0 spiro atoms. The summed E-state index contributed by atoms with van der Waals surface area (Å²) >= 11 is 0. The predicted molar refractivity (Wildman–Crippen MR) is 110 cm³/mol. The molecule has 0 atom stereocenters. The molecule has 0 N–H and O–H groups in total. The van der Waals surface area contributed by atoms with Gasteiger partial charge in [-0.15, -0.1) is 0 Å². The lowest BCUT2D eigenvalue weighted by Crippen LogP contribution is -3.00. The van der Waals surface area contributed by atoms with E-state index in [1.165, 1.54) is 15.9 Å². The first-order chi connectivity index (χ1) is 12.3. The molecule has 0 amide bonds. The van der Waals surface area contributed by atoms with Crippen LogP contribution in [0.5, 0.6) is 0 Å². The minimum atomic E-state index is -1.99. The number of carbonyl (C=O) groups excluding carboxylic acids is 1. The van der Waals surface area contributed by atoms with Crippen LogP contribution in [0.3, 0.4) is 0 Å². The average Bonchev–Trinajstić information content (AvgIpc) is 2.68. The van der Waals surface area contributed by atoms with E-state index in [0.717, 1.165) is 6.42 Å². The van der Waals surface area contributed by atoms with Gasteiger partial charge in [0.05, 0.1) is 0 Å². The molecule has 1 nitrogen and oxygen atoms in total. The van der Waals surface area contributed by atoms with Crippen LogP contribution in [0.2, 0.25) is 0 Å². The van der Waals surface area contributed by atoms with Crippen LogP contribution in [-0.2, 0) is 4.79 Å². The number of Topliss-reactive ketones (excluding diaryl/α,β-unsaturated/α-hetero) is 1. The Morgan fingerprint density at radius 3 is 1.35 bits per heavy atom. The first-order valence-electron chi connectivity index (χ1n) is 8.84. The van der Waals surface area contributed by atoms with E-state index >= 15 is 0 Å². The zero-order chi connectivity index (χ0) is 17.5. The van der Waals surface area contributed by atoms with Crippen molar-refractivity contribution in [3.63, 3.8) is 0 Å². The molecule has 134 valence electrons. The third kappa shape index (κ3) is 4.23. The molecule has 3 aromatic carbocycles. The number of halogens is 1. The molecule has 3 aromatic rings. The highest BCUT2D eigenvalue weighted by molar-refractivity contribution is 7.96. The van der Waals surface area contributed by atoms with E-state index in [-0.39, 0.29) is 12.4 Å². The van der Waals surface area contributed by atoms with Crippen molar-refractivity contribution in [2.45, 2.75) is 19.8 Å². The van der Waals surface area contributed by atoms with E-state index in [0.29, 0.717) is 18.4 Å². The van der Waals surface area contributed by atoms with Gasteiger partial charge in [-0.25, -0.2) is 0 Å². The highest BCUT2D eigenvalue weighted by atomic mass is 35.5. The van der Waals surface area contributed by atoms with Gasteiger partial charge in [-0.3, -0.25) is 4.79 Å². The van der Waals surface area contributed by atoms with Gasteiger partial charge in [0.15, 0.2) is 5.78 Å². The van der Waals surface area contributed by atoms with Crippen molar-refractivity contribution in [3.8, 4) is 0 Å². The van der Waals surface area contributed by atoms with E-state index in [1.807, 2.05) is 18.2 Å². The quantitative estimate of drug-likeness (QED) is 0.564. The van der Waals surface area contributed by atoms with Gasteiger partial charge >= 0.3 is 0 Å². The van der Waals surface area contributed by atoms with Crippen LogP contribution in [0, 0.1) is 0 Å². The number of hydrogen-bond acceptors (Lipinski definition) is 1. The molecule has 3 heteroatoms. The van der Waals surface area contributed by atoms with Crippen LogP contribution in [0.1, 0.15) is 19.8 Å². The lowest BCUT2D eigenvalue weighted by atomic mass is 10.3. The normalized spacial score (nSPS) is 10.8. The number of benzene rings is 3. The van der Waals surface area contributed by atoms with Crippen LogP contribution in [-0.4, -0.2) is 11.9 Å². The van der Waals surface area contributed by atoms with Gasteiger partial charge in [-0.05, 0) is 42.8 Å². The zero-order valence-corrected chi connectivity index (χ0v) is 16.7. The van der Waals surface area contributed by atoms with E-state index < -0.39 is 7.26 Å². The first kappa shape index (κ1) is 20.4. The Labute approximate surface area is 163 Å². The second-order valence-electron chi connectivity index (χ2n) is 6.26. The van der Waals surface area contributed by atoms with Crippen LogP contribution >= 0.6 is 7.26 Å². The molecule has 0 aromatic heterocycles. The summed E-state index contributed by atoms with van der Waals surface area (Å²) in [5.74, 6) is 0.354. The summed E-state index contributed by atoms with van der Waals surface area (Å²) in [5, 5.41) is 3.82. The lowest BCUT2D eigenvalue weighted by molar-refractivity contribution is -0.116. The Bertz CT molecular complexity index is 707. The number of rotatable bonds is 7. The average molecular weight is 383 g/mol. The summed E-state index contributed by atoms with van der Waals surface area (Å²) in [6.45, 7) is 2.07. The Hall–Kier alpha value is -1.95. The third-order valence-corrected chi connectivity index (χ3v) is 8.90. The molecule has 0 aliphatic heterocycles. The molecule has 0 unspecified atom stereocenters. The fraction of sp³-hybridized carbons (Fsp3) is 0.174. The van der Waals surface area contributed by atoms with Gasteiger partial charge in [-0.2, -0.15) is 0 Å². The number of ketones is 1. The predicted octanol–water partition coefficient (Wildman–Crippen LogP) is 1.35. The second kappa shape index (κ2) is 9.67. The zero-order valence-electron chi connectivity index (χ0n) is 15.0. The van der Waals surface area contributed by atoms with Gasteiger partial charge in [0, 0.05) is 6.42 Å². The van der Waals surface area contributed by atoms with E-state index in [1.54, 1.807) is 0 Å². The lowest BCUT2D eigenvalue weighted by Gasteiger charge is -2.27. The molecular weight excluding hydrogens is 359 g/mol. The van der Waals surface area contributed by atoms with Gasteiger partial charge in [0.25, 0.3) is 0 Å². The molecule has 0 heterocycles. The molecule has 0 saturated carbocycles. The topological polar surface area (TPSA) is 17.1 Å². The van der Waals surface area contributed by atoms with Crippen LogP contribution in [0.15, 0.2) is 91.0 Å². The minimum absolute atomic E-state index is 0. The van der Waals surface area contributed by atoms with Crippen LogP contribution in [0.25, 0.3) is 0 Å². The smallest absolute Gasteiger partial charge is 0.171 e. The molecule has 3 rings (SSSR count). The summed E-state index contributed by atoms with van der Waals surface area (Å²) in [7, 11) is -1.99. The fourth-order valence-electron chi connectivity index (χ4n) is 3.39. The summed E-state index contributed by atoms with van der Waals surface area (Å²) < 4.78 is 0. The minimum Gasteiger partial charge on any atom is -1.00 e. The van der Waals surface area contributed by atoms with E-state index in [4.69, 9.17) is 0 Å². The van der Waals surface area contributed by atoms with Gasteiger partial charge in [-0.1, -0.05) is 61.5 Å². The monoisotopic (exact) mass is 382 g/mol. The summed E-state index contributed by atoms with van der Waals surface area (Å²) in [6.07, 6.45) is 2.14. The van der Waals surface area contributed by atoms with Crippen LogP contribution < -0.4 is 28.3 Å². The van der Waals surface area contributed by atoms with Crippen molar-refractivity contribution in [2.24, 2.45) is 0 Å². The molecule has 0 saturated heterocycles. The third-order valence-electron chi connectivity index (χ3n) is 4.53. The van der Waals surface area contributed by atoms with Gasteiger partial charge in [0.1, 0.15) is 29.3 Å². The number of hydrogen-bond donors (Lipinski definition) is 0. The second-order valence-corrected chi connectivity index (χ2v) is 9.75. The molecule has 0 aliphatic carbocycles. The largest absolute Gasteiger partial charge is 1.00 e. The van der Waals surface area contributed by atoms with E-state index in [2.05, 4.69) is 79.7 Å². The Balaban J connectivity index is 0.00000243. The van der Waals surface area contributed by atoms with Crippen LogP contribution in [0.4, 0.5) is 0 Å². The Morgan fingerprint density at radius 1 is 0.692 bits per heavy atom. The van der Waals surface area contributed by atoms with Crippen molar-refractivity contribution in [1.29, 1.82) is 0 Å². The molecule has 0 aliphatic rings. The molecule has 0 bridgehead atoms. The maximum atomic E-state index is 12.8. The molecular formula is C23H24ClOP. The summed E-state index contributed by atoms with van der Waals surface area (Å²) in [6, 6.07) is 31.8. The van der Waals surface area contributed by atoms with Crippen molar-refractivity contribution < 1.29 is 17.2 Å². The van der Waals surface area contributed by atoms with Gasteiger partial charge < -0.3 is 12.4 Å². The van der Waals surface area contributed by atoms with E-state index in [9.17, 15) is 4.79 Å². The standard InChI is InChI=1S/C23H24OP.ClH/c1-2-12-20(24)19-25(21-13-6-3-7-14-21,22-15-8-4-9-16-22)23-17-10-5-11-18-23;/h3-11,13-18H,2,12,19H2,1H3;1H/q+1;/p-1. The molecule has 0 fully saturated rings. The highest BCUT2D eigenvalue weighted by Crippen LogP contribution is 2.55. The molecule has 0 radical (unpaired) electrons. The SMILES string of the molecule is CCCC(=O)C[P+](c1ccccc1)(c1ccccc1)c1ccccc1.[Cl-]. The van der Waals surface area contributed by atoms with Crippen molar-refractivity contribution in [3.05, 3.63) is 91.0 Å². The first-order valence-corrected chi connectivity index (χ1v) is 10.8. The highest BCUT2D eigenvalue weighted by Gasteiger charge is 2.46. The maximum absolute atomic E-state index is 12.8. The molecule has 26 heavy (non-hydrogen) atoms.